The van der Waals surface area contributed by atoms with Crippen molar-refractivity contribution in [1.82, 2.24) is 9.80 Å². The third-order valence-corrected chi connectivity index (χ3v) is 6.19. The molecule has 164 valence electrons. The Morgan fingerprint density at radius 2 is 1.71 bits per heavy atom. The second-order valence-corrected chi connectivity index (χ2v) is 8.74. The number of phenolic OH excluding ortho intramolecular Hbond substituents is 1. The lowest BCUT2D eigenvalue weighted by Gasteiger charge is -2.27. The zero-order valence-corrected chi connectivity index (χ0v) is 19.3. The van der Waals surface area contributed by atoms with Crippen molar-refractivity contribution in [2.45, 2.75) is 19.9 Å². The third kappa shape index (κ3) is 4.42. The van der Waals surface area contributed by atoms with Crippen LogP contribution < -0.4 is 0 Å². The van der Waals surface area contributed by atoms with Crippen LogP contribution in [0.2, 0.25) is 10.0 Å². The van der Waals surface area contributed by atoms with Gasteiger partial charge in [0.2, 0.25) is 0 Å². The predicted molar refractivity (Wildman–Crippen MR) is 122 cm³/mol. The largest absolute Gasteiger partial charge is 0.507 e. The lowest BCUT2D eigenvalue weighted by Crippen LogP contribution is -2.35. The number of rotatable bonds is 5. The Labute approximate surface area is 191 Å². The number of likely N-dealkylation sites (N-methyl/N-ethyl adjacent to an activating group) is 1. The molecule has 0 bridgehead atoms. The van der Waals surface area contributed by atoms with E-state index in [0.717, 1.165) is 11.1 Å². The Balaban J connectivity index is 2.23. The molecule has 6 nitrogen and oxygen atoms in total. The van der Waals surface area contributed by atoms with Gasteiger partial charge in [-0.2, -0.15) is 0 Å². The average molecular weight is 463 g/mol. The maximum atomic E-state index is 13.0. The third-order valence-electron chi connectivity index (χ3n) is 5.45. The fourth-order valence-electron chi connectivity index (χ4n) is 3.58. The number of ketones is 1. The molecule has 1 aliphatic rings. The number of aromatic hydroxyl groups is 1. The summed E-state index contributed by atoms with van der Waals surface area (Å²) in [5, 5.41) is 22.1. The lowest BCUT2D eigenvalue weighted by atomic mass is 9.94. The van der Waals surface area contributed by atoms with Gasteiger partial charge in [-0.3, -0.25) is 9.59 Å². The summed E-state index contributed by atoms with van der Waals surface area (Å²) in [5.41, 5.74) is 2.20. The molecule has 3 rings (SSSR count). The minimum atomic E-state index is -0.865. The van der Waals surface area contributed by atoms with E-state index in [1.165, 1.54) is 11.0 Å². The maximum absolute atomic E-state index is 13.0. The van der Waals surface area contributed by atoms with E-state index in [9.17, 15) is 19.8 Å². The first-order chi connectivity index (χ1) is 14.5. The maximum Gasteiger partial charge on any atom is 0.295 e. The molecule has 1 aliphatic heterocycles. The van der Waals surface area contributed by atoms with E-state index in [2.05, 4.69) is 0 Å². The van der Waals surface area contributed by atoms with E-state index in [4.69, 9.17) is 23.2 Å². The molecule has 0 saturated carbocycles. The zero-order chi connectivity index (χ0) is 23.0. The molecule has 0 radical (unpaired) electrons. The van der Waals surface area contributed by atoms with Gasteiger partial charge in [-0.25, -0.2) is 0 Å². The predicted octanol–water partition coefficient (Wildman–Crippen LogP) is 4.30. The van der Waals surface area contributed by atoms with Gasteiger partial charge in [0, 0.05) is 13.1 Å². The molecule has 2 aromatic carbocycles. The first kappa shape index (κ1) is 23.1. The van der Waals surface area contributed by atoms with Gasteiger partial charge in [0.15, 0.2) is 0 Å². The minimum Gasteiger partial charge on any atom is -0.507 e. The minimum absolute atomic E-state index is 0.0961. The fraction of sp³-hybridized carbons (Fsp3) is 0.304. The smallest absolute Gasteiger partial charge is 0.295 e. The number of nitrogens with zero attached hydrogens (tertiary/aromatic N) is 2. The van der Waals surface area contributed by atoms with Crippen LogP contribution in [0, 0.1) is 13.8 Å². The van der Waals surface area contributed by atoms with Gasteiger partial charge >= 0.3 is 0 Å². The van der Waals surface area contributed by atoms with Gasteiger partial charge in [-0.1, -0.05) is 29.3 Å². The van der Waals surface area contributed by atoms with E-state index in [0.29, 0.717) is 17.1 Å². The Hall–Kier alpha value is -2.54. The van der Waals surface area contributed by atoms with Crippen molar-refractivity contribution in [3.8, 4) is 5.75 Å². The molecule has 0 aliphatic carbocycles. The molecule has 1 atom stereocenters. The molecule has 0 aromatic heterocycles. The summed E-state index contributed by atoms with van der Waals surface area (Å²) in [6.45, 7) is 4.43. The summed E-state index contributed by atoms with van der Waals surface area (Å²) in [7, 11) is 3.72. The van der Waals surface area contributed by atoms with Crippen molar-refractivity contribution >= 4 is 40.7 Å². The van der Waals surface area contributed by atoms with Crippen LogP contribution in [0.15, 0.2) is 35.9 Å². The van der Waals surface area contributed by atoms with Crippen molar-refractivity contribution in [3.63, 3.8) is 0 Å². The molecule has 8 heteroatoms. The number of Topliss-reactive ketones (excluding diaryl/α,β-unsaturated/α-hetero) is 1. The summed E-state index contributed by atoms with van der Waals surface area (Å²) >= 11 is 12.3. The molecule has 31 heavy (non-hydrogen) atoms. The van der Waals surface area contributed by atoms with Crippen LogP contribution in [0.4, 0.5) is 0 Å². The molecular formula is C23H24Cl2N2O4. The second-order valence-electron chi connectivity index (χ2n) is 7.92. The van der Waals surface area contributed by atoms with E-state index in [-0.39, 0.29) is 28.5 Å². The number of halogens is 2. The lowest BCUT2D eigenvalue weighted by molar-refractivity contribution is -0.140. The van der Waals surface area contributed by atoms with Crippen LogP contribution in [-0.4, -0.2) is 58.9 Å². The molecule has 1 saturated heterocycles. The van der Waals surface area contributed by atoms with Crippen LogP contribution in [0.1, 0.15) is 28.3 Å². The second kappa shape index (κ2) is 8.91. The number of amides is 1. The number of carbonyl (C=O) groups is 2. The van der Waals surface area contributed by atoms with Gasteiger partial charge in [0.05, 0.1) is 27.2 Å². The number of aryl methyl sites for hydroxylation is 2. The Morgan fingerprint density at radius 1 is 1.06 bits per heavy atom. The molecule has 0 unspecified atom stereocenters. The van der Waals surface area contributed by atoms with Crippen molar-refractivity contribution in [3.05, 3.63) is 68.2 Å². The number of hydrogen-bond acceptors (Lipinski definition) is 5. The van der Waals surface area contributed by atoms with E-state index >= 15 is 0 Å². The number of hydrogen-bond donors (Lipinski definition) is 2. The summed E-state index contributed by atoms with van der Waals surface area (Å²) in [4.78, 5) is 29.2. The SMILES string of the molecule is Cc1cc(O)c(C(O)=C2C(=O)C(=O)N(CCN(C)C)[C@@H]2c2ccc(Cl)c(Cl)c2)cc1C. The highest BCUT2D eigenvalue weighted by atomic mass is 35.5. The van der Waals surface area contributed by atoms with Crippen molar-refractivity contribution in [2.75, 3.05) is 27.2 Å². The Morgan fingerprint density at radius 3 is 2.32 bits per heavy atom. The highest BCUT2D eigenvalue weighted by Gasteiger charge is 2.46. The Bertz CT molecular complexity index is 1100. The topological polar surface area (TPSA) is 81.1 Å². The number of carbonyl (C=O) groups excluding carboxylic acids is 2. The van der Waals surface area contributed by atoms with Crippen LogP contribution in [0.25, 0.3) is 5.76 Å². The average Bonchev–Trinajstić information content (AvgIpc) is 2.95. The van der Waals surface area contributed by atoms with Crippen LogP contribution >= 0.6 is 23.2 Å². The summed E-state index contributed by atoms with van der Waals surface area (Å²) < 4.78 is 0. The van der Waals surface area contributed by atoms with E-state index < -0.39 is 23.5 Å². The summed E-state index contributed by atoms with van der Waals surface area (Å²) in [6, 6.07) is 7.08. The number of likely N-dealkylation sites (tertiary alicyclic amines) is 1. The molecule has 1 amide bonds. The summed E-state index contributed by atoms with van der Waals surface area (Å²) in [5.74, 6) is -2.14. The normalized spacial score (nSPS) is 18.3. The number of aliphatic hydroxyl groups is 1. The van der Waals surface area contributed by atoms with Crippen LogP contribution in [0.5, 0.6) is 5.75 Å². The molecule has 2 aromatic rings. The van der Waals surface area contributed by atoms with Crippen LogP contribution in [-0.2, 0) is 9.59 Å². The molecule has 1 heterocycles. The Kier molecular flexibility index (Phi) is 6.65. The molecular weight excluding hydrogens is 439 g/mol. The van der Waals surface area contributed by atoms with Crippen molar-refractivity contribution < 1.29 is 19.8 Å². The number of aliphatic hydroxyl groups excluding tert-OH is 1. The van der Waals surface area contributed by atoms with E-state index in [1.807, 2.05) is 32.8 Å². The highest BCUT2D eigenvalue weighted by Crippen LogP contribution is 2.42. The molecule has 2 N–H and O–H groups in total. The number of benzene rings is 2. The van der Waals surface area contributed by atoms with Gasteiger partial charge in [-0.05, 0) is 68.9 Å². The summed E-state index contributed by atoms with van der Waals surface area (Å²) in [6.07, 6.45) is 0. The van der Waals surface area contributed by atoms with Gasteiger partial charge in [0.25, 0.3) is 11.7 Å². The van der Waals surface area contributed by atoms with Gasteiger partial charge in [0.1, 0.15) is 11.5 Å². The quantitative estimate of drug-likeness (QED) is 0.393. The zero-order valence-electron chi connectivity index (χ0n) is 17.7. The van der Waals surface area contributed by atoms with Crippen LogP contribution in [0.3, 0.4) is 0 Å². The monoisotopic (exact) mass is 462 g/mol. The first-order valence-corrected chi connectivity index (χ1v) is 10.5. The van der Waals surface area contributed by atoms with Crippen molar-refractivity contribution in [1.29, 1.82) is 0 Å². The standard InChI is InChI=1S/C23H24Cl2N2O4/c1-12-9-15(18(28)10-13(12)2)21(29)19-20(14-5-6-16(24)17(25)11-14)27(8-7-26(3)4)23(31)22(19)30/h5-6,9-11,20,28-29H,7-8H2,1-4H3/t20-/m1/s1. The molecule has 0 spiro atoms. The van der Waals surface area contributed by atoms with E-state index in [1.54, 1.807) is 24.3 Å². The molecule has 1 fully saturated rings. The fourth-order valence-corrected chi connectivity index (χ4v) is 3.89. The van der Waals surface area contributed by atoms with Crippen molar-refractivity contribution in [2.24, 2.45) is 0 Å². The van der Waals surface area contributed by atoms with Gasteiger partial charge < -0.3 is 20.0 Å². The number of phenols is 1. The highest BCUT2D eigenvalue weighted by molar-refractivity contribution is 6.47. The van der Waals surface area contributed by atoms with Gasteiger partial charge in [-0.15, -0.1) is 0 Å². The first-order valence-electron chi connectivity index (χ1n) is 9.71.